The summed E-state index contributed by atoms with van der Waals surface area (Å²) in [7, 11) is 0. The molecule has 4 atom stereocenters. The van der Waals surface area contributed by atoms with Crippen molar-refractivity contribution in [3.8, 4) is 0 Å². The Balaban J connectivity index is 1.42. The lowest BCUT2D eigenvalue weighted by Gasteiger charge is -2.16. The van der Waals surface area contributed by atoms with E-state index in [4.69, 9.17) is 18.9 Å². The van der Waals surface area contributed by atoms with Gasteiger partial charge in [0, 0.05) is 0 Å². The first-order valence-electron chi connectivity index (χ1n) is 8.47. The molecule has 2 fully saturated rings. The van der Waals surface area contributed by atoms with E-state index in [2.05, 4.69) is 0 Å². The number of fused-ring (bicyclic) bond motifs is 1. The van der Waals surface area contributed by atoms with E-state index in [1.807, 2.05) is 0 Å². The second-order valence-electron chi connectivity index (χ2n) is 6.20. The van der Waals surface area contributed by atoms with Crippen molar-refractivity contribution < 1.29 is 33.3 Å². The lowest BCUT2D eigenvalue weighted by molar-refractivity contribution is -0.151. The molecule has 2 saturated heterocycles. The maximum atomic E-state index is 12.2. The Labute approximate surface area is 154 Å². The van der Waals surface area contributed by atoms with Gasteiger partial charge in [0.2, 0.25) is 6.10 Å². The SMILES string of the molecule is O=C(O[C@@H]1C(=O)O[C@H]2[C@@H]1OC[C@H]2OC(=O)c1ccccc1)c1ccccc1. The first-order valence-corrected chi connectivity index (χ1v) is 8.47. The Hall–Kier alpha value is -3.19. The molecule has 4 rings (SSSR count). The number of carbonyl (C=O) groups excluding carboxylic acids is 3. The van der Waals surface area contributed by atoms with Crippen molar-refractivity contribution in [3.63, 3.8) is 0 Å². The Morgan fingerprint density at radius 1 is 0.815 bits per heavy atom. The van der Waals surface area contributed by atoms with E-state index in [0.717, 1.165) is 0 Å². The predicted molar refractivity (Wildman–Crippen MR) is 90.9 cm³/mol. The fourth-order valence-electron chi connectivity index (χ4n) is 3.10. The quantitative estimate of drug-likeness (QED) is 0.600. The Kier molecular flexibility index (Phi) is 4.60. The molecule has 0 aliphatic carbocycles. The minimum Gasteiger partial charge on any atom is -0.453 e. The molecule has 2 aromatic rings. The number of hydrogen-bond acceptors (Lipinski definition) is 7. The van der Waals surface area contributed by atoms with Crippen LogP contribution >= 0.6 is 0 Å². The van der Waals surface area contributed by atoms with Crippen molar-refractivity contribution in [3.05, 3.63) is 71.8 Å². The van der Waals surface area contributed by atoms with Crippen LogP contribution in [0, 0.1) is 0 Å². The average molecular weight is 368 g/mol. The van der Waals surface area contributed by atoms with Gasteiger partial charge >= 0.3 is 17.9 Å². The molecule has 138 valence electrons. The number of carbonyl (C=O) groups is 3. The molecule has 0 saturated carbocycles. The molecule has 2 aliphatic heterocycles. The van der Waals surface area contributed by atoms with Crippen molar-refractivity contribution in [2.45, 2.75) is 24.4 Å². The number of hydrogen-bond donors (Lipinski definition) is 0. The number of benzene rings is 2. The van der Waals surface area contributed by atoms with Gasteiger partial charge in [0.25, 0.3) is 0 Å². The summed E-state index contributed by atoms with van der Waals surface area (Å²) in [4.78, 5) is 36.6. The van der Waals surface area contributed by atoms with Crippen LogP contribution in [0.25, 0.3) is 0 Å². The fourth-order valence-corrected chi connectivity index (χ4v) is 3.10. The van der Waals surface area contributed by atoms with E-state index in [-0.39, 0.29) is 6.61 Å². The molecule has 0 aromatic heterocycles. The van der Waals surface area contributed by atoms with Crippen LogP contribution < -0.4 is 0 Å². The van der Waals surface area contributed by atoms with Crippen LogP contribution in [0.4, 0.5) is 0 Å². The number of rotatable bonds is 4. The van der Waals surface area contributed by atoms with Gasteiger partial charge in [0.15, 0.2) is 12.2 Å². The Bertz CT molecular complexity index is 849. The minimum atomic E-state index is -1.19. The normalized spacial score (nSPS) is 26.1. The highest BCUT2D eigenvalue weighted by molar-refractivity contribution is 5.92. The van der Waals surface area contributed by atoms with Gasteiger partial charge in [-0.25, -0.2) is 14.4 Å². The van der Waals surface area contributed by atoms with Crippen LogP contribution in [0.5, 0.6) is 0 Å². The molecule has 2 aliphatic rings. The Morgan fingerprint density at radius 2 is 1.37 bits per heavy atom. The van der Waals surface area contributed by atoms with Gasteiger partial charge in [0.05, 0.1) is 17.7 Å². The van der Waals surface area contributed by atoms with Crippen molar-refractivity contribution in [1.29, 1.82) is 0 Å². The standard InChI is InChI=1S/C20H16O7/c21-18(12-7-3-1-4-8-12)25-14-11-24-16-15(14)26-20(23)17(16)27-19(22)13-9-5-2-6-10-13/h1-10,14-17H,11H2/t14-,15-,16+,17+/m1/s1. The summed E-state index contributed by atoms with van der Waals surface area (Å²) < 4.78 is 21.5. The van der Waals surface area contributed by atoms with E-state index in [1.54, 1.807) is 60.7 Å². The summed E-state index contributed by atoms with van der Waals surface area (Å²) in [6.07, 6.45) is -3.56. The van der Waals surface area contributed by atoms with Crippen LogP contribution in [0.15, 0.2) is 60.7 Å². The van der Waals surface area contributed by atoms with Crippen LogP contribution in [-0.2, 0) is 23.7 Å². The highest BCUT2D eigenvalue weighted by atomic mass is 16.7. The maximum absolute atomic E-state index is 12.2. The van der Waals surface area contributed by atoms with Crippen molar-refractivity contribution in [2.24, 2.45) is 0 Å². The van der Waals surface area contributed by atoms with E-state index < -0.39 is 42.3 Å². The van der Waals surface area contributed by atoms with E-state index in [1.165, 1.54) is 0 Å². The molecule has 0 spiro atoms. The lowest BCUT2D eigenvalue weighted by Crippen LogP contribution is -2.36. The smallest absolute Gasteiger partial charge is 0.350 e. The van der Waals surface area contributed by atoms with Crippen LogP contribution in [-0.4, -0.2) is 48.9 Å². The average Bonchev–Trinajstić information content (AvgIpc) is 3.23. The third kappa shape index (κ3) is 3.41. The molecule has 0 unspecified atom stereocenters. The third-order valence-electron chi connectivity index (χ3n) is 4.44. The fraction of sp³-hybridized carbons (Fsp3) is 0.250. The van der Waals surface area contributed by atoms with E-state index >= 15 is 0 Å². The summed E-state index contributed by atoms with van der Waals surface area (Å²) in [5.74, 6) is -1.90. The summed E-state index contributed by atoms with van der Waals surface area (Å²) >= 11 is 0. The zero-order valence-electron chi connectivity index (χ0n) is 14.1. The summed E-state index contributed by atoms with van der Waals surface area (Å²) in [6, 6.07) is 16.8. The maximum Gasteiger partial charge on any atom is 0.350 e. The van der Waals surface area contributed by atoms with Crippen LogP contribution in [0.2, 0.25) is 0 Å². The van der Waals surface area contributed by atoms with Crippen molar-refractivity contribution in [2.75, 3.05) is 6.61 Å². The molecule has 0 bridgehead atoms. The summed E-state index contributed by atoms with van der Waals surface area (Å²) in [5, 5.41) is 0. The molecule has 7 nitrogen and oxygen atoms in total. The molecule has 0 N–H and O–H groups in total. The van der Waals surface area contributed by atoms with E-state index in [9.17, 15) is 14.4 Å². The van der Waals surface area contributed by atoms with Gasteiger partial charge in [-0.3, -0.25) is 0 Å². The van der Waals surface area contributed by atoms with Gasteiger partial charge in [0.1, 0.15) is 6.10 Å². The van der Waals surface area contributed by atoms with Gasteiger partial charge in [-0.2, -0.15) is 0 Å². The summed E-state index contributed by atoms with van der Waals surface area (Å²) in [6.45, 7) is 0.0561. The summed E-state index contributed by atoms with van der Waals surface area (Å²) in [5.41, 5.74) is 0.705. The van der Waals surface area contributed by atoms with Crippen LogP contribution in [0.3, 0.4) is 0 Å². The van der Waals surface area contributed by atoms with Gasteiger partial charge in [-0.1, -0.05) is 36.4 Å². The molecule has 0 radical (unpaired) electrons. The molecule has 27 heavy (non-hydrogen) atoms. The first-order chi connectivity index (χ1) is 13.1. The first kappa shape index (κ1) is 17.2. The predicted octanol–water partition coefficient (Wildman–Crippen LogP) is 1.76. The largest absolute Gasteiger partial charge is 0.453 e. The molecular formula is C20H16O7. The molecule has 2 heterocycles. The third-order valence-corrected chi connectivity index (χ3v) is 4.44. The van der Waals surface area contributed by atoms with Gasteiger partial charge in [-0.05, 0) is 24.3 Å². The van der Waals surface area contributed by atoms with Gasteiger partial charge in [-0.15, -0.1) is 0 Å². The number of esters is 3. The zero-order chi connectivity index (χ0) is 18.8. The van der Waals surface area contributed by atoms with Gasteiger partial charge < -0.3 is 18.9 Å². The van der Waals surface area contributed by atoms with Crippen molar-refractivity contribution >= 4 is 17.9 Å². The lowest BCUT2D eigenvalue weighted by atomic mass is 10.1. The second kappa shape index (κ2) is 7.20. The zero-order valence-corrected chi connectivity index (χ0v) is 14.1. The molecule has 2 aromatic carbocycles. The Morgan fingerprint density at radius 3 is 1.96 bits per heavy atom. The molecular weight excluding hydrogens is 352 g/mol. The highest BCUT2D eigenvalue weighted by Crippen LogP contribution is 2.32. The second-order valence-corrected chi connectivity index (χ2v) is 6.20. The molecule has 0 amide bonds. The van der Waals surface area contributed by atoms with Crippen LogP contribution in [0.1, 0.15) is 20.7 Å². The monoisotopic (exact) mass is 368 g/mol. The van der Waals surface area contributed by atoms with E-state index in [0.29, 0.717) is 11.1 Å². The minimum absolute atomic E-state index is 0.0561. The number of ether oxygens (including phenoxy) is 4. The highest BCUT2D eigenvalue weighted by Gasteiger charge is 2.56. The topological polar surface area (TPSA) is 88.1 Å². The van der Waals surface area contributed by atoms with Crippen molar-refractivity contribution in [1.82, 2.24) is 0 Å². The molecule has 7 heteroatoms.